The third kappa shape index (κ3) is 3.63. The molecule has 4 heteroatoms. The van der Waals surface area contributed by atoms with Crippen LogP contribution in [0.1, 0.15) is 76.5 Å². The molecule has 0 bridgehead atoms. The molecular formula is C34H43N3O. The Morgan fingerprint density at radius 2 is 1.71 bits per heavy atom. The number of likely N-dealkylation sites (N-methyl/N-ethyl adjacent to an activating group) is 1. The maximum absolute atomic E-state index is 6.89. The summed E-state index contributed by atoms with van der Waals surface area (Å²) in [6.45, 7) is 10.4. The van der Waals surface area contributed by atoms with Crippen molar-refractivity contribution in [2.24, 2.45) is 10.9 Å². The molecule has 1 saturated carbocycles. The van der Waals surface area contributed by atoms with E-state index in [4.69, 9.17) is 9.73 Å². The van der Waals surface area contributed by atoms with Gasteiger partial charge in [-0.2, -0.15) is 0 Å². The molecule has 0 aromatic heterocycles. The van der Waals surface area contributed by atoms with Gasteiger partial charge in [-0.25, -0.2) is 0 Å². The van der Waals surface area contributed by atoms with Gasteiger partial charge in [-0.3, -0.25) is 4.99 Å². The van der Waals surface area contributed by atoms with Gasteiger partial charge in [0.25, 0.3) is 0 Å². The summed E-state index contributed by atoms with van der Waals surface area (Å²) in [5, 5.41) is 0. The first-order chi connectivity index (χ1) is 18.4. The van der Waals surface area contributed by atoms with Crippen molar-refractivity contribution in [3.63, 3.8) is 0 Å². The van der Waals surface area contributed by atoms with Crippen LogP contribution < -0.4 is 4.90 Å². The highest BCUT2D eigenvalue weighted by Crippen LogP contribution is 2.52. The highest BCUT2D eigenvalue weighted by molar-refractivity contribution is 5.87. The quantitative estimate of drug-likeness (QED) is 0.403. The fourth-order valence-corrected chi connectivity index (χ4v) is 7.71. The molecule has 4 unspecified atom stereocenters. The number of benzene rings is 2. The second-order valence-electron chi connectivity index (χ2n) is 12.0. The van der Waals surface area contributed by atoms with Crippen LogP contribution in [-0.2, 0) is 10.2 Å². The monoisotopic (exact) mass is 509 g/mol. The summed E-state index contributed by atoms with van der Waals surface area (Å²) in [4.78, 5) is 10.4. The molecule has 7 rings (SSSR count). The van der Waals surface area contributed by atoms with E-state index < -0.39 is 5.72 Å². The number of hydrogen-bond acceptors (Lipinski definition) is 4. The Balaban J connectivity index is 0.00000129. The second kappa shape index (κ2) is 9.41. The Morgan fingerprint density at radius 3 is 2.50 bits per heavy atom. The van der Waals surface area contributed by atoms with E-state index in [0.717, 1.165) is 12.5 Å². The van der Waals surface area contributed by atoms with Crippen LogP contribution in [0.5, 0.6) is 0 Å². The van der Waals surface area contributed by atoms with E-state index in [-0.39, 0.29) is 11.0 Å². The highest BCUT2D eigenvalue weighted by Gasteiger charge is 2.57. The standard InChI is InChI=1S/C32H37N3O.C2H6/c1-30(2)26-13-7-9-15-28(26)34(3)31(30)21-33-32(36-22-31)18-16-23-10-4-6-12-25(23)29(20-32)35-19-17-24-11-5-8-14-27(24)35;1-2/h4,6-7,9-10,12-13,15-16,18,20-21,24,27H,5,8,11,14,17,19,22H2,1-3H3;1-2H3. The van der Waals surface area contributed by atoms with Crippen LogP contribution in [0.2, 0.25) is 0 Å². The number of fused-ring (bicyclic) bond motifs is 3. The van der Waals surface area contributed by atoms with E-state index in [1.165, 1.54) is 60.2 Å². The molecule has 0 amide bonds. The number of para-hydroxylation sites is 1. The summed E-state index contributed by atoms with van der Waals surface area (Å²) < 4.78 is 6.89. The van der Waals surface area contributed by atoms with Crippen LogP contribution >= 0.6 is 0 Å². The van der Waals surface area contributed by atoms with E-state index >= 15 is 0 Å². The molecule has 5 aliphatic rings. The summed E-state index contributed by atoms with van der Waals surface area (Å²) in [6.07, 6.45) is 15.6. The minimum atomic E-state index is -0.780. The molecule has 4 nitrogen and oxygen atoms in total. The van der Waals surface area contributed by atoms with Gasteiger partial charge in [0.1, 0.15) is 5.54 Å². The van der Waals surface area contributed by atoms with E-state index in [2.05, 4.69) is 104 Å². The maximum atomic E-state index is 6.89. The molecule has 200 valence electrons. The van der Waals surface area contributed by atoms with Gasteiger partial charge < -0.3 is 14.5 Å². The van der Waals surface area contributed by atoms with Crippen LogP contribution in [0.15, 0.2) is 65.7 Å². The first kappa shape index (κ1) is 25.4. The van der Waals surface area contributed by atoms with Crippen molar-refractivity contribution in [1.29, 1.82) is 0 Å². The number of rotatable bonds is 1. The number of nitrogens with zero attached hydrogens (tertiary/aromatic N) is 3. The predicted molar refractivity (Wildman–Crippen MR) is 160 cm³/mol. The molecule has 2 spiro atoms. The van der Waals surface area contributed by atoms with Crippen LogP contribution in [0, 0.1) is 5.92 Å². The summed E-state index contributed by atoms with van der Waals surface area (Å²) in [7, 11) is 2.19. The Kier molecular flexibility index (Phi) is 6.30. The second-order valence-corrected chi connectivity index (χ2v) is 12.0. The first-order valence-corrected chi connectivity index (χ1v) is 14.8. The minimum absolute atomic E-state index is 0.113. The fraction of sp³-hybridized carbons (Fsp3) is 0.500. The zero-order chi connectivity index (χ0) is 26.5. The Labute approximate surface area is 229 Å². The molecule has 2 aromatic carbocycles. The molecule has 0 radical (unpaired) electrons. The van der Waals surface area contributed by atoms with Gasteiger partial charge in [0.15, 0.2) is 5.72 Å². The molecule has 1 saturated heterocycles. The van der Waals surface area contributed by atoms with Crippen molar-refractivity contribution < 1.29 is 4.74 Å². The molecule has 2 aliphatic carbocycles. The van der Waals surface area contributed by atoms with Crippen molar-refractivity contribution in [3.05, 3.63) is 77.4 Å². The number of ether oxygens (including phenoxy) is 1. The molecule has 2 fully saturated rings. The number of hydrogen-bond donors (Lipinski definition) is 0. The van der Waals surface area contributed by atoms with Gasteiger partial charge in [-0.1, -0.05) is 89.1 Å². The van der Waals surface area contributed by atoms with Gasteiger partial charge >= 0.3 is 0 Å². The van der Waals surface area contributed by atoms with Gasteiger partial charge in [0.05, 0.1) is 6.61 Å². The van der Waals surface area contributed by atoms with Crippen molar-refractivity contribution in [2.75, 3.05) is 25.1 Å². The van der Waals surface area contributed by atoms with Crippen molar-refractivity contribution >= 4 is 23.7 Å². The van der Waals surface area contributed by atoms with E-state index in [0.29, 0.717) is 12.6 Å². The van der Waals surface area contributed by atoms with Crippen molar-refractivity contribution in [1.82, 2.24) is 4.90 Å². The summed E-state index contributed by atoms with van der Waals surface area (Å²) >= 11 is 0. The minimum Gasteiger partial charge on any atom is -0.368 e. The van der Waals surface area contributed by atoms with Gasteiger partial charge in [0.2, 0.25) is 0 Å². The molecule has 3 aliphatic heterocycles. The third-order valence-electron chi connectivity index (χ3n) is 10.0. The summed E-state index contributed by atoms with van der Waals surface area (Å²) in [5.41, 5.74) is 5.29. The number of aliphatic imine (C=N–C) groups is 1. The predicted octanol–water partition coefficient (Wildman–Crippen LogP) is 7.31. The lowest BCUT2D eigenvalue weighted by molar-refractivity contribution is -0.00617. The number of anilines is 1. The van der Waals surface area contributed by atoms with Crippen LogP contribution in [0.4, 0.5) is 5.69 Å². The van der Waals surface area contributed by atoms with Crippen LogP contribution in [0.3, 0.4) is 0 Å². The normalized spacial score (nSPS) is 32.3. The largest absolute Gasteiger partial charge is 0.368 e. The summed E-state index contributed by atoms with van der Waals surface area (Å²) in [6, 6.07) is 18.2. The Morgan fingerprint density at radius 1 is 0.947 bits per heavy atom. The van der Waals surface area contributed by atoms with Crippen LogP contribution in [-0.4, -0.2) is 48.6 Å². The smallest absolute Gasteiger partial charge is 0.199 e. The zero-order valence-corrected chi connectivity index (χ0v) is 23.8. The lowest BCUT2D eigenvalue weighted by atomic mass is 9.70. The molecule has 38 heavy (non-hydrogen) atoms. The van der Waals surface area contributed by atoms with Gasteiger partial charge in [0, 0.05) is 48.2 Å². The third-order valence-corrected chi connectivity index (χ3v) is 10.0. The molecule has 0 N–H and O–H groups in total. The zero-order valence-electron chi connectivity index (χ0n) is 23.8. The molecular weight excluding hydrogens is 466 g/mol. The highest BCUT2D eigenvalue weighted by atomic mass is 16.5. The Hall–Kier alpha value is -2.85. The van der Waals surface area contributed by atoms with E-state index in [1.807, 2.05) is 13.8 Å². The number of likely N-dealkylation sites (tertiary alicyclic amines) is 1. The molecule has 3 heterocycles. The lowest BCUT2D eigenvalue weighted by Gasteiger charge is -2.48. The summed E-state index contributed by atoms with van der Waals surface area (Å²) in [5.74, 6) is 0.824. The molecule has 4 atom stereocenters. The van der Waals surface area contributed by atoms with E-state index in [9.17, 15) is 0 Å². The SMILES string of the molecule is CC.CN1c2ccccc2C(C)(C)C12C=NC1(C=Cc3ccccc3C(N3CCC4CCCCC43)=C1)OC2. The van der Waals surface area contributed by atoms with Gasteiger partial charge in [-0.05, 0) is 54.5 Å². The fourth-order valence-electron chi connectivity index (χ4n) is 7.71. The van der Waals surface area contributed by atoms with E-state index in [1.54, 1.807) is 0 Å². The van der Waals surface area contributed by atoms with Gasteiger partial charge in [-0.15, -0.1) is 0 Å². The average Bonchev–Trinajstić information content (AvgIpc) is 3.40. The first-order valence-electron chi connectivity index (χ1n) is 14.8. The maximum Gasteiger partial charge on any atom is 0.199 e. The Bertz CT molecular complexity index is 1290. The van der Waals surface area contributed by atoms with Crippen molar-refractivity contribution in [2.45, 2.75) is 82.5 Å². The van der Waals surface area contributed by atoms with Crippen molar-refractivity contribution in [3.8, 4) is 0 Å². The van der Waals surface area contributed by atoms with Crippen LogP contribution in [0.25, 0.3) is 11.8 Å². The lowest BCUT2D eigenvalue weighted by Crippen LogP contribution is -2.62. The average molecular weight is 510 g/mol. The molecule has 2 aromatic rings. The topological polar surface area (TPSA) is 28.1 Å².